The fourth-order valence-electron chi connectivity index (χ4n) is 0.939. The Labute approximate surface area is 97.4 Å². The molecule has 0 rings (SSSR count). The first kappa shape index (κ1) is 14.5. The van der Waals surface area contributed by atoms with Crippen molar-refractivity contribution >= 4 is 25.3 Å². The van der Waals surface area contributed by atoms with Gasteiger partial charge in [0.1, 0.15) is 0 Å². The van der Waals surface area contributed by atoms with Crippen molar-refractivity contribution in [2.45, 2.75) is 12.1 Å². The Morgan fingerprint density at radius 3 is 2.36 bits per heavy atom. The topological polar surface area (TPSA) is 76.1 Å². The van der Waals surface area contributed by atoms with Crippen LogP contribution in [0.2, 0.25) is 0 Å². The fraction of sp³-hybridized carbons (Fsp3) is 1.00. The van der Waals surface area contributed by atoms with E-state index in [4.69, 9.17) is 11.5 Å². The van der Waals surface area contributed by atoms with Crippen molar-refractivity contribution in [2.75, 3.05) is 37.7 Å². The van der Waals surface area contributed by atoms with E-state index in [1.165, 1.54) is 0 Å². The standard InChI is InChI=1S/C8H22N4S2/c9-3-8(6-14)12-2-1-11-4-7(10)5-13/h7-8,11-14H,1-6,9-10H2. The molecule has 0 amide bonds. The van der Waals surface area contributed by atoms with Gasteiger partial charge in [0.05, 0.1) is 0 Å². The van der Waals surface area contributed by atoms with Crippen molar-refractivity contribution in [3.05, 3.63) is 0 Å². The average Bonchev–Trinajstić information content (AvgIpc) is 2.23. The fourth-order valence-corrected chi connectivity index (χ4v) is 1.35. The van der Waals surface area contributed by atoms with Crippen LogP contribution in [0.25, 0.3) is 0 Å². The molecule has 0 aromatic carbocycles. The summed E-state index contributed by atoms with van der Waals surface area (Å²) in [6, 6.07) is 0.437. The molecule has 0 saturated heterocycles. The molecule has 0 aromatic heterocycles. The zero-order chi connectivity index (χ0) is 10.8. The zero-order valence-corrected chi connectivity index (χ0v) is 10.2. The van der Waals surface area contributed by atoms with Crippen LogP contribution in [0, 0.1) is 0 Å². The van der Waals surface area contributed by atoms with E-state index in [0.29, 0.717) is 18.3 Å². The van der Waals surface area contributed by atoms with Crippen LogP contribution in [0.5, 0.6) is 0 Å². The molecule has 0 fully saturated rings. The lowest BCUT2D eigenvalue weighted by molar-refractivity contribution is 0.529. The molecular formula is C8H22N4S2. The van der Waals surface area contributed by atoms with Crippen LogP contribution >= 0.6 is 25.3 Å². The summed E-state index contributed by atoms with van der Waals surface area (Å²) in [6.07, 6.45) is 0. The highest BCUT2D eigenvalue weighted by molar-refractivity contribution is 7.80. The van der Waals surface area contributed by atoms with Crippen molar-refractivity contribution in [1.29, 1.82) is 0 Å². The van der Waals surface area contributed by atoms with Gasteiger partial charge in [-0.2, -0.15) is 25.3 Å². The molecular weight excluding hydrogens is 216 g/mol. The molecule has 0 heterocycles. The second-order valence-corrected chi connectivity index (χ2v) is 3.95. The monoisotopic (exact) mass is 238 g/mol. The third-order valence-corrected chi connectivity index (χ3v) is 2.79. The molecule has 0 radical (unpaired) electrons. The van der Waals surface area contributed by atoms with E-state index < -0.39 is 0 Å². The molecule has 0 aliphatic carbocycles. The molecule has 2 atom stereocenters. The molecule has 0 bridgehead atoms. The van der Waals surface area contributed by atoms with Crippen LogP contribution in [0.1, 0.15) is 0 Å². The summed E-state index contributed by atoms with van der Waals surface area (Å²) >= 11 is 8.27. The van der Waals surface area contributed by atoms with Gasteiger partial charge in [-0.05, 0) is 0 Å². The molecule has 2 unspecified atom stereocenters. The Morgan fingerprint density at radius 1 is 1.14 bits per heavy atom. The molecule has 0 aliphatic heterocycles. The molecule has 0 aliphatic rings. The van der Waals surface area contributed by atoms with Gasteiger partial charge in [-0.25, -0.2) is 0 Å². The number of thiol groups is 2. The largest absolute Gasteiger partial charge is 0.329 e. The summed E-state index contributed by atoms with van der Waals surface area (Å²) in [4.78, 5) is 0. The van der Waals surface area contributed by atoms with Crippen LogP contribution in [-0.4, -0.2) is 49.8 Å². The van der Waals surface area contributed by atoms with Gasteiger partial charge in [-0.15, -0.1) is 0 Å². The minimum atomic E-state index is 0.133. The summed E-state index contributed by atoms with van der Waals surface area (Å²) in [5.74, 6) is 1.48. The lowest BCUT2D eigenvalue weighted by atomic mass is 10.3. The minimum Gasteiger partial charge on any atom is -0.329 e. The number of rotatable bonds is 9. The van der Waals surface area contributed by atoms with Gasteiger partial charge in [-0.1, -0.05) is 0 Å². The Kier molecular flexibility index (Phi) is 10.5. The van der Waals surface area contributed by atoms with Crippen molar-refractivity contribution in [2.24, 2.45) is 11.5 Å². The predicted octanol–water partition coefficient (Wildman–Crippen LogP) is -1.32. The van der Waals surface area contributed by atoms with E-state index in [1.54, 1.807) is 0 Å². The third-order valence-electron chi connectivity index (χ3n) is 1.88. The number of nitrogens with two attached hydrogens (primary N) is 2. The van der Waals surface area contributed by atoms with Gasteiger partial charge in [0, 0.05) is 49.8 Å². The van der Waals surface area contributed by atoms with Crippen molar-refractivity contribution in [3.63, 3.8) is 0 Å². The Morgan fingerprint density at radius 2 is 1.86 bits per heavy atom. The summed E-state index contributed by atoms with van der Waals surface area (Å²) < 4.78 is 0. The summed E-state index contributed by atoms with van der Waals surface area (Å²) in [5, 5.41) is 6.52. The normalized spacial score (nSPS) is 15.4. The van der Waals surface area contributed by atoms with E-state index in [-0.39, 0.29) is 6.04 Å². The molecule has 4 nitrogen and oxygen atoms in total. The second kappa shape index (κ2) is 10.1. The van der Waals surface area contributed by atoms with Gasteiger partial charge in [0.2, 0.25) is 0 Å². The van der Waals surface area contributed by atoms with Crippen molar-refractivity contribution < 1.29 is 0 Å². The average molecular weight is 238 g/mol. The van der Waals surface area contributed by atoms with Crippen LogP contribution in [0.3, 0.4) is 0 Å². The molecule has 0 spiro atoms. The second-order valence-electron chi connectivity index (χ2n) is 3.22. The maximum absolute atomic E-state index is 5.68. The van der Waals surface area contributed by atoms with Gasteiger partial charge in [-0.3, -0.25) is 0 Å². The van der Waals surface area contributed by atoms with Crippen LogP contribution in [0.15, 0.2) is 0 Å². The van der Waals surface area contributed by atoms with Crippen molar-refractivity contribution in [3.8, 4) is 0 Å². The van der Waals surface area contributed by atoms with Gasteiger partial charge in [0.15, 0.2) is 0 Å². The first-order valence-corrected chi connectivity index (χ1v) is 6.12. The predicted molar refractivity (Wildman–Crippen MR) is 69.4 cm³/mol. The maximum Gasteiger partial charge on any atom is 0.0278 e. The van der Waals surface area contributed by atoms with E-state index in [2.05, 4.69) is 35.9 Å². The Bertz CT molecular complexity index is 122. The number of hydrogen-bond acceptors (Lipinski definition) is 6. The maximum atomic E-state index is 5.68. The summed E-state index contributed by atoms with van der Waals surface area (Å²) in [5.41, 5.74) is 11.2. The molecule has 0 aromatic rings. The van der Waals surface area contributed by atoms with E-state index >= 15 is 0 Å². The van der Waals surface area contributed by atoms with E-state index in [1.807, 2.05) is 0 Å². The smallest absolute Gasteiger partial charge is 0.0278 e. The first-order valence-electron chi connectivity index (χ1n) is 4.86. The quantitative estimate of drug-likeness (QED) is 0.223. The highest BCUT2D eigenvalue weighted by atomic mass is 32.1. The van der Waals surface area contributed by atoms with Crippen molar-refractivity contribution in [1.82, 2.24) is 10.6 Å². The van der Waals surface area contributed by atoms with Gasteiger partial charge >= 0.3 is 0 Å². The van der Waals surface area contributed by atoms with Gasteiger partial charge < -0.3 is 22.1 Å². The molecule has 0 saturated carbocycles. The number of hydrogen-bond donors (Lipinski definition) is 6. The van der Waals surface area contributed by atoms with E-state index in [9.17, 15) is 0 Å². The first-order chi connectivity index (χ1) is 6.74. The lowest BCUT2D eigenvalue weighted by Gasteiger charge is -2.15. The van der Waals surface area contributed by atoms with E-state index in [0.717, 1.165) is 25.4 Å². The number of nitrogens with one attached hydrogen (secondary N) is 2. The van der Waals surface area contributed by atoms with Crippen LogP contribution in [-0.2, 0) is 0 Å². The summed E-state index contributed by atoms with van der Waals surface area (Å²) in [7, 11) is 0. The Balaban J connectivity index is 3.20. The van der Waals surface area contributed by atoms with Crippen LogP contribution < -0.4 is 22.1 Å². The third kappa shape index (κ3) is 7.90. The van der Waals surface area contributed by atoms with Gasteiger partial charge in [0.25, 0.3) is 0 Å². The lowest BCUT2D eigenvalue weighted by Crippen LogP contribution is -2.43. The highest BCUT2D eigenvalue weighted by Crippen LogP contribution is 1.83. The zero-order valence-electron chi connectivity index (χ0n) is 8.45. The SMILES string of the molecule is NCC(CS)NCCNCC(N)CS. The summed E-state index contributed by atoms with van der Waals surface area (Å²) in [6.45, 7) is 3.21. The molecule has 6 heteroatoms. The Hall–Kier alpha value is 0.540. The minimum absolute atomic E-state index is 0.133. The molecule has 14 heavy (non-hydrogen) atoms. The van der Waals surface area contributed by atoms with Crippen LogP contribution in [0.4, 0.5) is 0 Å². The highest BCUT2D eigenvalue weighted by Gasteiger charge is 2.02. The molecule has 6 N–H and O–H groups in total. The molecule has 86 valence electrons.